The average Bonchev–Trinajstić information content (AvgIpc) is 3.30. The summed E-state index contributed by atoms with van der Waals surface area (Å²) in [5, 5.41) is 14.0. The highest BCUT2D eigenvalue weighted by atomic mass is 16.5. The third-order valence-electron chi connectivity index (χ3n) is 4.87. The van der Waals surface area contributed by atoms with Crippen LogP contribution in [0.1, 0.15) is 18.4 Å². The van der Waals surface area contributed by atoms with Crippen molar-refractivity contribution in [2.45, 2.75) is 25.4 Å². The number of allylic oxidation sites excluding steroid dienone is 5. The normalized spacial score (nSPS) is 20.5. The van der Waals surface area contributed by atoms with Crippen molar-refractivity contribution in [1.82, 2.24) is 5.32 Å². The number of carbonyl (C=O) groups is 1. The number of benzene rings is 1. The van der Waals surface area contributed by atoms with Gasteiger partial charge in [0.2, 0.25) is 5.91 Å². The molecular formula is C23H27N5O2. The molecule has 1 atom stereocenters. The van der Waals surface area contributed by atoms with Gasteiger partial charge in [-0.05, 0) is 46.9 Å². The number of hydrogen-bond acceptors (Lipinski definition) is 6. The van der Waals surface area contributed by atoms with E-state index in [9.17, 15) is 4.79 Å². The van der Waals surface area contributed by atoms with Crippen LogP contribution in [0.3, 0.4) is 0 Å². The first-order valence-electron chi connectivity index (χ1n) is 9.91. The van der Waals surface area contributed by atoms with Gasteiger partial charge in [-0.3, -0.25) is 4.79 Å². The molecule has 2 aliphatic heterocycles. The summed E-state index contributed by atoms with van der Waals surface area (Å²) in [6.07, 6.45) is 11.3. The van der Waals surface area contributed by atoms with E-state index in [1.807, 2.05) is 24.3 Å². The van der Waals surface area contributed by atoms with Crippen LogP contribution in [0.2, 0.25) is 0 Å². The van der Waals surface area contributed by atoms with E-state index < -0.39 is 0 Å². The molecule has 1 amide bonds. The molecule has 4 N–H and O–H groups in total. The molecule has 1 unspecified atom stereocenters. The molecule has 1 fully saturated rings. The lowest BCUT2D eigenvalue weighted by molar-refractivity contribution is -0.111. The second kappa shape index (κ2) is 11.0. The van der Waals surface area contributed by atoms with Crippen molar-refractivity contribution in [2.24, 2.45) is 15.9 Å². The molecule has 0 bridgehead atoms. The van der Waals surface area contributed by atoms with E-state index in [1.54, 1.807) is 24.6 Å². The van der Waals surface area contributed by atoms with E-state index in [4.69, 9.17) is 10.5 Å². The number of rotatable bonds is 8. The standard InChI is InChI=1S/C23H27N5O2/c1-2-22(19-9-11-26-27-15-19)18(13-24)5-8-23(29)28-20-6-3-17(4-7-20)14-25-21-10-12-30-16-21/h2-8,11,13,15,21,25H,1,9-10,12,14,16,24H2,(H,28,29)/b8-5+,18-13?,22-19?. The molecule has 2 heterocycles. The molecule has 3 rings (SSSR count). The van der Waals surface area contributed by atoms with Crippen molar-refractivity contribution in [3.8, 4) is 0 Å². The van der Waals surface area contributed by atoms with Gasteiger partial charge >= 0.3 is 0 Å². The van der Waals surface area contributed by atoms with Crippen molar-refractivity contribution in [2.75, 3.05) is 18.5 Å². The Bertz CT molecular complexity index is 904. The number of anilines is 1. The van der Waals surface area contributed by atoms with Crippen LogP contribution >= 0.6 is 0 Å². The highest BCUT2D eigenvalue weighted by molar-refractivity contribution is 5.99. The number of nitrogens with two attached hydrogens (primary N) is 1. The molecule has 7 nitrogen and oxygen atoms in total. The maximum atomic E-state index is 12.3. The maximum absolute atomic E-state index is 12.3. The second-order valence-electron chi connectivity index (χ2n) is 6.97. The second-order valence-corrected chi connectivity index (χ2v) is 6.97. The number of nitrogens with one attached hydrogen (secondary N) is 2. The van der Waals surface area contributed by atoms with Crippen LogP contribution in [0.5, 0.6) is 0 Å². The lowest BCUT2D eigenvalue weighted by Crippen LogP contribution is -2.28. The number of ether oxygens (including phenoxy) is 1. The summed E-state index contributed by atoms with van der Waals surface area (Å²) in [5.74, 6) is -0.240. The van der Waals surface area contributed by atoms with Gasteiger partial charge in [-0.25, -0.2) is 0 Å². The lowest BCUT2D eigenvalue weighted by atomic mass is 9.98. The summed E-state index contributed by atoms with van der Waals surface area (Å²) < 4.78 is 5.36. The fourth-order valence-electron chi connectivity index (χ4n) is 3.20. The number of hydrogen-bond donors (Lipinski definition) is 3. The Morgan fingerprint density at radius 3 is 2.73 bits per heavy atom. The quantitative estimate of drug-likeness (QED) is 0.457. The van der Waals surface area contributed by atoms with E-state index in [0.29, 0.717) is 18.0 Å². The van der Waals surface area contributed by atoms with Gasteiger partial charge in [-0.15, -0.1) is 0 Å². The molecule has 1 aromatic rings. The highest BCUT2D eigenvalue weighted by Gasteiger charge is 2.14. The van der Waals surface area contributed by atoms with E-state index in [0.717, 1.165) is 48.6 Å². The monoisotopic (exact) mass is 405 g/mol. The molecule has 0 saturated carbocycles. The van der Waals surface area contributed by atoms with Crippen LogP contribution in [0.4, 0.5) is 5.69 Å². The minimum Gasteiger partial charge on any atom is -0.404 e. The Labute approximate surface area is 176 Å². The molecule has 0 aliphatic carbocycles. The minimum atomic E-state index is -0.240. The summed E-state index contributed by atoms with van der Waals surface area (Å²) in [6.45, 7) is 6.21. The Morgan fingerprint density at radius 2 is 2.10 bits per heavy atom. The minimum absolute atomic E-state index is 0.240. The number of nitrogens with zero attached hydrogens (tertiary/aromatic N) is 2. The zero-order valence-electron chi connectivity index (χ0n) is 16.9. The van der Waals surface area contributed by atoms with Gasteiger partial charge < -0.3 is 21.1 Å². The van der Waals surface area contributed by atoms with Gasteiger partial charge in [-0.2, -0.15) is 10.2 Å². The molecule has 2 aliphatic rings. The average molecular weight is 406 g/mol. The van der Waals surface area contributed by atoms with Crippen LogP contribution in [0.25, 0.3) is 0 Å². The first-order chi connectivity index (χ1) is 14.7. The van der Waals surface area contributed by atoms with Crippen molar-refractivity contribution in [3.63, 3.8) is 0 Å². The van der Waals surface area contributed by atoms with Gasteiger partial charge in [0.05, 0.1) is 12.8 Å². The van der Waals surface area contributed by atoms with Crippen molar-refractivity contribution in [1.29, 1.82) is 0 Å². The summed E-state index contributed by atoms with van der Waals surface area (Å²) >= 11 is 0. The first kappa shape index (κ1) is 21.4. The van der Waals surface area contributed by atoms with E-state index in [-0.39, 0.29) is 5.91 Å². The van der Waals surface area contributed by atoms with Gasteiger partial charge in [0.1, 0.15) is 0 Å². The van der Waals surface area contributed by atoms with Gasteiger partial charge in [-0.1, -0.05) is 24.8 Å². The van der Waals surface area contributed by atoms with Crippen LogP contribution < -0.4 is 16.4 Å². The summed E-state index contributed by atoms with van der Waals surface area (Å²) in [5.41, 5.74) is 10.1. The van der Waals surface area contributed by atoms with Gasteiger partial charge in [0.15, 0.2) is 0 Å². The third-order valence-corrected chi connectivity index (χ3v) is 4.87. The third kappa shape index (κ3) is 6.10. The maximum Gasteiger partial charge on any atom is 0.248 e. The summed E-state index contributed by atoms with van der Waals surface area (Å²) in [7, 11) is 0. The molecule has 30 heavy (non-hydrogen) atoms. The number of amides is 1. The van der Waals surface area contributed by atoms with E-state index >= 15 is 0 Å². The molecule has 1 saturated heterocycles. The highest BCUT2D eigenvalue weighted by Crippen LogP contribution is 2.19. The van der Waals surface area contributed by atoms with Crippen molar-refractivity contribution >= 4 is 24.0 Å². The van der Waals surface area contributed by atoms with E-state index in [2.05, 4.69) is 27.4 Å². The first-order valence-corrected chi connectivity index (χ1v) is 9.91. The Kier molecular flexibility index (Phi) is 7.88. The van der Waals surface area contributed by atoms with Crippen molar-refractivity contribution in [3.05, 3.63) is 77.6 Å². The summed E-state index contributed by atoms with van der Waals surface area (Å²) in [6, 6.07) is 8.20. The molecule has 0 radical (unpaired) electrons. The Morgan fingerprint density at radius 1 is 1.27 bits per heavy atom. The molecular weight excluding hydrogens is 378 g/mol. The Balaban J connectivity index is 1.56. The molecule has 1 aromatic carbocycles. The number of carbonyl (C=O) groups excluding carboxylic acids is 1. The molecule has 156 valence electrons. The fraction of sp³-hybridized carbons (Fsp3) is 0.261. The predicted octanol–water partition coefficient (Wildman–Crippen LogP) is 2.85. The molecule has 7 heteroatoms. The predicted molar refractivity (Wildman–Crippen MR) is 121 cm³/mol. The van der Waals surface area contributed by atoms with Crippen LogP contribution in [0, 0.1) is 0 Å². The topological polar surface area (TPSA) is 101 Å². The molecule has 0 spiro atoms. The van der Waals surface area contributed by atoms with Crippen molar-refractivity contribution < 1.29 is 9.53 Å². The molecule has 0 aromatic heterocycles. The lowest BCUT2D eigenvalue weighted by Gasteiger charge is -2.11. The smallest absolute Gasteiger partial charge is 0.248 e. The SMILES string of the molecule is C=CC(C(=CN)/C=C/C(=O)Nc1ccc(CNC2CCOC2)cc1)=C1C=NN=CC1. The zero-order chi connectivity index (χ0) is 21.2. The zero-order valence-corrected chi connectivity index (χ0v) is 16.9. The van der Waals surface area contributed by atoms with Gasteiger partial charge in [0.25, 0.3) is 0 Å². The Hall–Kier alpha value is -3.29. The van der Waals surface area contributed by atoms with Crippen LogP contribution in [-0.2, 0) is 16.1 Å². The van der Waals surface area contributed by atoms with Crippen LogP contribution in [0.15, 0.2) is 82.2 Å². The van der Waals surface area contributed by atoms with Gasteiger partial charge in [0, 0.05) is 49.8 Å². The largest absolute Gasteiger partial charge is 0.404 e. The fourth-order valence-corrected chi connectivity index (χ4v) is 3.20. The summed E-state index contributed by atoms with van der Waals surface area (Å²) in [4.78, 5) is 12.3. The van der Waals surface area contributed by atoms with Crippen LogP contribution in [-0.4, -0.2) is 37.6 Å². The van der Waals surface area contributed by atoms with E-state index in [1.165, 1.54) is 12.3 Å².